The van der Waals surface area contributed by atoms with Crippen LogP contribution in [0, 0.1) is 5.41 Å². The summed E-state index contributed by atoms with van der Waals surface area (Å²) in [6.45, 7) is 14.8. The standard InChI is InChI=1S/C16H22/c1-7-8-9-10-14-13(3)12(2)11-15(14)16(4,5)6/h7-11H,1H2,2-6H3/b9-8-,14-10+. The highest BCUT2D eigenvalue weighted by atomic mass is 14.3. The molecule has 0 fully saturated rings. The molecule has 0 N–H and O–H groups in total. The lowest BCUT2D eigenvalue weighted by Crippen LogP contribution is -2.10. The van der Waals surface area contributed by atoms with Gasteiger partial charge in [-0.05, 0) is 41.6 Å². The van der Waals surface area contributed by atoms with Gasteiger partial charge in [-0.3, -0.25) is 0 Å². The van der Waals surface area contributed by atoms with Crippen molar-refractivity contribution in [3.63, 3.8) is 0 Å². The van der Waals surface area contributed by atoms with E-state index in [1.54, 1.807) is 6.08 Å². The van der Waals surface area contributed by atoms with Crippen LogP contribution in [0.3, 0.4) is 0 Å². The minimum atomic E-state index is 0.201. The summed E-state index contributed by atoms with van der Waals surface area (Å²) >= 11 is 0. The smallest absolute Gasteiger partial charge is 0.0126 e. The van der Waals surface area contributed by atoms with Crippen molar-refractivity contribution in [3.8, 4) is 0 Å². The molecule has 0 amide bonds. The van der Waals surface area contributed by atoms with Crippen LogP contribution < -0.4 is 0 Å². The average molecular weight is 214 g/mol. The van der Waals surface area contributed by atoms with Gasteiger partial charge in [-0.25, -0.2) is 0 Å². The third kappa shape index (κ3) is 2.63. The van der Waals surface area contributed by atoms with Gasteiger partial charge in [-0.1, -0.05) is 57.7 Å². The third-order valence-electron chi connectivity index (χ3n) is 2.96. The first kappa shape index (κ1) is 12.8. The van der Waals surface area contributed by atoms with Gasteiger partial charge in [-0.15, -0.1) is 0 Å². The van der Waals surface area contributed by atoms with Crippen LogP contribution >= 0.6 is 0 Å². The maximum atomic E-state index is 3.68. The van der Waals surface area contributed by atoms with E-state index in [0.29, 0.717) is 0 Å². The summed E-state index contributed by atoms with van der Waals surface area (Å²) in [5.74, 6) is 0. The van der Waals surface area contributed by atoms with E-state index in [4.69, 9.17) is 0 Å². The normalized spacial score (nSPS) is 19.8. The Morgan fingerprint density at radius 2 is 1.75 bits per heavy atom. The van der Waals surface area contributed by atoms with Crippen molar-refractivity contribution >= 4 is 0 Å². The van der Waals surface area contributed by atoms with Crippen molar-refractivity contribution in [1.82, 2.24) is 0 Å². The Morgan fingerprint density at radius 3 is 2.25 bits per heavy atom. The largest absolute Gasteiger partial charge is 0.0991 e. The Hall–Kier alpha value is -1.30. The number of hydrogen-bond donors (Lipinski definition) is 0. The van der Waals surface area contributed by atoms with Crippen molar-refractivity contribution in [2.75, 3.05) is 0 Å². The molecule has 86 valence electrons. The zero-order valence-corrected chi connectivity index (χ0v) is 11.1. The Balaban J connectivity index is 3.14. The molecular formula is C16H22. The Bertz CT molecular complexity index is 404. The van der Waals surface area contributed by atoms with E-state index in [1.807, 2.05) is 6.08 Å². The molecule has 0 heterocycles. The van der Waals surface area contributed by atoms with Gasteiger partial charge in [0.15, 0.2) is 0 Å². The summed E-state index contributed by atoms with van der Waals surface area (Å²) in [5, 5.41) is 0. The van der Waals surface area contributed by atoms with Crippen molar-refractivity contribution in [2.24, 2.45) is 5.41 Å². The lowest BCUT2D eigenvalue weighted by molar-refractivity contribution is 0.513. The van der Waals surface area contributed by atoms with Crippen LogP contribution in [-0.2, 0) is 0 Å². The second-order valence-electron chi connectivity index (χ2n) is 5.32. The van der Waals surface area contributed by atoms with Crippen molar-refractivity contribution < 1.29 is 0 Å². The predicted octanol–water partition coefficient (Wildman–Crippen LogP) is 4.98. The minimum Gasteiger partial charge on any atom is -0.0991 e. The number of allylic oxidation sites excluding steroid dienone is 9. The highest BCUT2D eigenvalue weighted by Gasteiger charge is 2.25. The van der Waals surface area contributed by atoms with Crippen LogP contribution in [-0.4, -0.2) is 0 Å². The van der Waals surface area contributed by atoms with Gasteiger partial charge in [0.05, 0.1) is 0 Å². The lowest BCUT2D eigenvalue weighted by Gasteiger charge is -2.22. The van der Waals surface area contributed by atoms with Crippen molar-refractivity contribution in [3.05, 3.63) is 59.3 Å². The van der Waals surface area contributed by atoms with Gasteiger partial charge in [-0.2, -0.15) is 0 Å². The quantitative estimate of drug-likeness (QED) is 0.569. The maximum Gasteiger partial charge on any atom is -0.0126 e. The third-order valence-corrected chi connectivity index (χ3v) is 2.96. The molecule has 0 saturated carbocycles. The van der Waals surface area contributed by atoms with Crippen molar-refractivity contribution in [1.29, 1.82) is 0 Å². The van der Waals surface area contributed by atoms with Crippen LogP contribution in [0.1, 0.15) is 34.6 Å². The SMILES string of the molecule is C=C/C=C\C=C1\C(C(C)(C)C)=CC(C)=C1C. The summed E-state index contributed by atoms with van der Waals surface area (Å²) < 4.78 is 0. The molecule has 0 atom stereocenters. The van der Waals surface area contributed by atoms with E-state index in [2.05, 4.69) is 59.4 Å². The summed E-state index contributed by atoms with van der Waals surface area (Å²) in [5.41, 5.74) is 5.76. The van der Waals surface area contributed by atoms with E-state index in [9.17, 15) is 0 Å². The molecule has 16 heavy (non-hydrogen) atoms. The van der Waals surface area contributed by atoms with Gasteiger partial charge in [0, 0.05) is 0 Å². The molecule has 1 aliphatic carbocycles. The van der Waals surface area contributed by atoms with Crippen LogP contribution in [0.5, 0.6) is 0 Å². The van der Waals surface area contributed by atoms with E-state index in [0.717, 1.165) is 0 Å². The molecule has 0 aromatic carbocycles. The highest BCUT2D eigenvalue weighted by molar-refractivity contribution is 5.60. The fourth-order valence-electron chi connectivity index (χ4n) is 1.88. The lowest BCUT2D eigenvalue weighted by atomic mass is 9.82. The highest BCUT2D eigenvalue weighted by Crippen LogP contribution is 2.41. The molecular weight excluding hydrogens is 192 g/mol. The topological polar surface area (TPSA) is 0 Å². The minimum absolute atomic E-state index is 0.201. The van der Waals surface area contributed by atoms with Gasteiger partial charge < -0.3 is 0 Å². The molecule has 0 aliphatic heterocycles. The summed E-state index contributed by atoms with van der Waals surface area (Å²) in [4.78, 5) is 0. The first-order valence-corrected chi connectivity index (χ1v) is 5.77. The van der Waals surface area contributed by atoms with Crippen LogP contribution in [0.4, 0.5) is 0 Å². The fraction of sp³-hybridized carbons (Fsp3) is 0.375. The average Bonchev–Trinajstić information content (AvgIpc) is 2.45. The number of rotatable bonds is 2. The maximum absolute atomic E-state index is 3.68. The Morgan fingerprint density at radius 1 is 1.12 bits per heavy atom. The zero-order valence-electron chi connectivity index (χ0n) is 11.1. The molecule has 0 nitrogen and oxygen atoms in total. The van der Waals surface area contributed by atoms with E-state index >= 15 is 0 Å². The second kappa shape index (κ2) is 4.69. The molecule has 1 rings (SSSR count). The molecule has 0 saturated heterocycles. The molecule has 0 spiro atoms. The second-order valence-corrected chi connectivity index (χ2v) is 5.32. The monoisotopic (exact) mass is 214 g/mol. The Kier molecular flexibility index (Phi) is 3.74. The van der Waals surface area contributed by atoms with E-state index in [-0.39, 0.29) is 5.41 Å². The molecule has 0 aromatic rings. The van der Waals surface area contributed by atoms with Crippen LogP contribution in [0.25, 0.3) is 0 Å². The first-order valence-electron chi connectivity index (χ1n) is 5.77. The van der Waals surface area contributed by atoms with Gasteiger partial charge in [0.2, 0.25) is 0 Å². The first-order chi connectivity index (χ1) is 7.38. The molecule has 0 bridgehead atoms. The van der Waals surface area contributed by atoms with Crippen LogP contribution in [0.2, 0.25) is 0 Å². The van der Waals surface area contributed by atoms with E-state index in [1.165, 1.54) is 22.3 Å². The summed E-state index contributed by atoms with van der Waals surface area (Å²) in [7, 11) is 0. The molecule has 0 unspecified atom stereocenters. The summed E-state index contributed by atoms with van der Waals surface area (Å²) in [6.07, 6.45) is 10.3. The van der Waals surface area contributed by atoms with Gasteiger partial charge in [0.25, 0.3) is 0 Å². The Labute approximate surface area is 99.8 Å². The van der Waals surface area contributed by atoms with Gasteiger partial charge >= 0.3 is 0 Å². The number of hydrogen-bond acceptors (Lipinski definition) is 0. The zero-order chi connectivity index (χ0) is 12.3. The van der Waals surface area contributed by atoms with E-state index < -0.39 is 0 Å². The van der Waals surface area contributed by atoms with Crippen molar-refractivity contribution in [2.45, 2.75) is 34.6 Å². The molecule has 0 radical (unpaired) electrons. The fourth-order valence-corrected chi connectivity index (χ4v) is 1.88. The summed E-state index contributed by atoms with van der Waals surface area (Å²) in [6, 6.07) is 0. The van der Waals surface area contributed by atoms with Crippen LogP contribution in [0.15, 0.2) is 59.3 Å². The molecule has 1 aliphatic rings. The predicted molar refractivity (Wildman–Crippen MR) is 73.3 cm³/mol. The van der Waals surface area contributed by atoms with Gasteiger partial charge in [0.1, 0.15) is 0 Å². The molecule has 0 heteroatoms. The molecule has 0 aromatic heterocycles.